The number of hydrogen-bond acceptors (Lipinski definition) is 5. The van der Waals surface area contributed by atoms with Crippen LogP contribution in [-0.4, -0.2) is 39.5 Å². The molecule has 7 heteroatoms. The first-order valence-corrected chi connectivity index (χ1v) is 7.51. The highest BCUT2D eigenvalue weighted by Crippen LogP contribution is 2.28. The molecule has 0 spiro atoms. The number of carbonyl (C=O) groups is 1. The fourth-order valence-electron chi connectivity index (χ4n) is 2.84. The molecule has 2 aromatic rings. The minimum atomic E-state index is -0.265. The maximum atomic E-state index is 12.2. The molecule has 1 amide bonds. The number of anilines is 1. The lowest BCUT2D eigenvalue weighted by Gasteiger charge is -2.41. The third-order valence-corrected chi connectivity index (χ3v) is 4.28. The van der Waals surface area contributed by atoms with Gasteiger partial charge in [0.05, 0.1) is 23.8 Å². The van der Waals surface area contributed by atoms with Gasteiger partial charge in [-0.05, 0) is 25.8 Å². The quantitative estimate of drug-likeness (QED) is 0.894. The van der Waals surface area contributed by atoms with Crippen LogP contribution in [0.5, 0.6) is 0 Å². The van der Waals surface area contributed by atoms with Crippen LogP contribution in [0.2, 0.25) is 0 Å². The molecule has 1 aliphatic rings. The lowest BCUT2D eigenvalue weighted by atomic mass is 9.89. The predicted molar refractivity (Wildman–Crippen MR) is 84.9 cm³/mol. The molecule has 0 atom stereocenters. The largest absolute Gasteiger partial charge is 0.370 e. The molecular weight excluding hydrogens is 292 g/mol. The Morgan fingerprint density at radius 2 is 2.17 bits per heavy atom. The van der Waals surface area contributed by atoms with Gasteiger partial charge < -0.3 is 15.2 Å². The third kappa shape index (κ3) is 3.16. The number of aromatic amines is 1. The zero-order valence-corrected chi connectivity index (χ0v) is 12.9. The predicted octanol–water partition coefficient (Wildman–Crippen LogP) is 1.47. The number of carbonyl (C=O) groups excluding carboxylic acids is 1. The lowest BCUT2D eigenvalue weighted by Crippen LogP contribution is -2.53. The number of piperidine rings is 1. The van der Waals surface area contributed by atoms with Gasteiger partial charge in [-0.2, -0.15) is 5.26 Å². The van der Waals surface area contributed by atoms with Crippen molar-refractivity contribution >= 4 is 11.6 Å². The number of amides is 1. The molecule has 0 aromatic carbocycles. The zero-order valence-electron chi connectivity index (χ0n) is 12.9. The number of hydrogen-bond donors (Lipinski definition) is 2. The lowest BCUT2D eigenvalue weighted by molar-refractivity contribution is 0.0887. The molecule has 23 heavy (non-hydrogen) atoms. The van der Waals surface area contributed by atoms with Crippen molar-refractivity contribution in [1.29, 1.82) is 5.26 Å². The van der Waals surface area contributed by atoms with E-state index in [4.69, 9.17) is 0 Å². The molecule has 3 rings (SSSR count). The fourth-order valence-corrected chi connectivity index (χ4v) is 2.84. The Kier molecular flexibility index (Phi) is 3.98. The molecule has 2 aromatic heterocycles. The zero-order chi connectivity index (χ0) is 16.3. The topological polar surface area (TPSA) is 97.7 Å². The summed E-state index contributed by atoms with van der Waals surface area (Å²) in [6.45, 7) is 3.60. The molecule has 1 saturated heterocycles. The number of nitriles is 1. The summed E-state index contributed by atoms with van der Waals surface area (Å²) in [5.74, 6) is -0.139. The summed E-state index contributed by atoms with van der Waals surface area (Å²) in [6.07, 6.45) is 7.91. The van der Waals surface area contributed by atoms with Crippen LogP contribution < -0.4 is 10.2 Å². The van der Waals surface area contributed by atoms with Crippen LogP contribution in [0, 0.1) is 11.3 Å². The van der Waals surface area contributed by atoms with Gasteiger partial charge in [-0.25, -0.2) is 4.98 Å². The van der Waals surface area contributed by atoms with Crippen LogP contribution in [0.3, 0.4) is 0 Å². The van der Waals surface area contributed by atoms with E-state index in [9.17, 15) is 10.1 Å². The van der Waals surface area contributed by atoms with Crippen LogP contribution in [0.15, 0.2) is 31.0 Å². The second kappa shape index (κ2) is 6.08. The molecular formula is C16H18N6O. The molecule has 7 nitrogen and oxygen atoms in total. The minimum Gasteiger partial charge on any atom is -0.370 e. The van der Waals surface area contributed by atoms with Crippen molar-refractivity contribution in [3.8, 4) is 6.07 Å². The smallest absolute Gasteiger partial charge is 0.269 e. The summed E-state index contributed by atoms with van der Waals surface area (Å²) in [4.78, 5) is 25.0. The van der Waals surface area contributed by atoms with E-state index < -0.39 is 0 Å². The van der Waals surface area contributed by atoms with E-state index in [2.05, 4.69) is 38.2 Å². The Morgan fingerprint density at radius 3 is 2.83 bits per heavy atom. The van der Waals surface area contributed by atoms with Gasteiger partial charge in [-0.15, -0.1) is 0 Å². The molecule has 118 valence electrons. The summed E-state index contributed by atoms with van der Waals surface area (Å²) >= 11 is 0. The fraction of sp³-hybridized carbons (Fsp3) is 0.375. The van der Waals surface area contributed by atoms with Crippen molar-refractivity contribution in [3.05, 3.63) is 42.2 Å². The minimum absolute atomic E-state index is 0.139. The van der Waals surface area contributed by atoms with E-state index in [1.165, 1.54) is 12.5 Å². The molecule has 3 heterocycles. The second-order valence-electron chi connectivity index (χ2n) is 5.97. The third-order valence-electron chi connectivity index (χ3n) is 4.28. The van der Waals surface area contributed by atoms with Crippen molar-refractivity contribution in [2.24, 2.45) is 0 Å². The summed E-state index contributed by atoms with van der Waals surface area (Å²) < 4.78 is 0. The van der Waals surface area contributed by atoms with E-state index >= 15 is 0 Å². The van der Waals surface area contributed by atoms with Crippen LogP contribution in [-0.2, 0) is 0 Å². The number of H-pyrrole nitrogens is 1. The van der Waals surface area contributed by atoms with Crippen molar-refractivity contribution in [2.75, 3.05) is 18.0 Å². The number of imidazole rings is 1. The van der Waals surface area contributed by atoms with Gasteiger partial charge in [0.15, 0.2) is 0 Å². The number of nitrogens with zero attached hydrogens (tertiary/aromatic N) is 4. The van der Waals surface area contributed by atoms with Crippen LogP contribution in [0.25, 0.3) is 0 Å². The number of aromatic nitrogens is 3. The molecule has 0 radical (unpaired) electrons. The summed E-state index contributed by atoms with van der Waals surface area (Å²) in [6, 6.07) is 4.04. The first-order chi connectivity index (χ1) is 11.1. The highest BCUT2D eigenvalue weighted by molar-refractivity contribution is 5.92. The highest BCUT2D eigenvalue weighted by atomic mass is 16.2. The van der Waals surface area contributed by atoms with E-state index in [1.807, 2.05) is 6.07 Å². The Bertz CT molecular complexity index is 725. The Balaban J connectivity index is 1.66. The van der Waals surface area contributed by atoms with E-state index in [0.717, 1.165) is 31.6 Å². The summed E-state index contributed by atoms with van der Waals surface area (Å²) in [5.41, 5.74) is 1.69. The monoisotopic (exact) mass is 310 g/mol. The molecule has 0 bridgehead atoms. The molecule has 0 saturated carbocycles. The molecule has 0 aliphatic carbocycles. The average molecular weight is 310 g/mol. The highest BCUT2D eigenvalue weighted by Gasteiger charge is 2.32. The van der Waals surface area contributed by atoms with Crippen LogP contribution in [0.4, 0.5) is 5.69 Å². The summed E-state index contributed by atoms with van der Waals surface area (Å²) in [5, 5.41) is 12.3. The van der Waals surface area contributed by atoms with Crippen molar-refractivity contribution < 1.29 is 4.79 Å². The Hall–Kier alpha value is -2.88. The number of rotatable bonds is 3. The first kappa shape index (κ1) is 15.0. The van der Waals surface area contributed by atoms with E-state index in [1.54, 1.807) is 12.4 Å². The Morgan fingerprint density at radius 1 is 1.39 bits per heavy atom. The van der Waals surface area contributed by atoms with Gasteiger partial charge in [0, 0.05) is 31.0 Å². The first-order valence-electron chi connectivity index (χ1n) is 7.51. The van der Waals surface area contributed by atoms with Gasteiger partial charge in [0.1, 0.15) is 11.8 Å². The van der Waals surface area contributed by atoms with Crippen molar-refractivity contribution in [2.45, 2.75) is 25.3 Å². The standard InChI is InChI=1S/C16H18N6O/c1-16(21-15(23)13-10-19-11-20-13)3-6-22(7-4-16)14-2-5-18-9-12(14)8-17/h2,5,9-11H,3-4,6-7H2,1H3,(H,19,20)(H,21,23). The van der Waals surface area contributed by atoms with Gasteiger partial charge >= 0.3 is 0 Å². The molecule has 0 unspecified atom stereocenters. The van der Waals surface area contributed by atoms with Gasteiger partial charge in [0.2, 0.25) is 0 Å². The van der Waals surface area contributed by atoms with Crippen LogP contribution in [0.1, 0.15) is 35.8 Å². The average Bonchev–Trinajstić information content (AvgIpc) is 3.10. The molecule has 1 fully saturated rings. The Labute approximate surface area is 134 Å². The van der Waals surface area contributed by atoms with Crippen molar-refractivity contribution in [1.82, 2.24) is 20.3 Å². The van der Waals surface area contributed by atoms with Crippen molar-refractivity contribution in [3.63, 3.8) is 0 Å². The number of pyridine rings is 1. The molecule has 1 aliphatic heterocycles. The SMILES string of the molecule is CC1(NC(=O)c2cnc[nH]2)CCN(c2ccncc2C#N)CC1. The maximum absolute atomic E-state index is 12.2. The van der Waals surface area contributed by atoms with Gasteiger partial charge in [0.25, 0.3) is 5.91 Å². The maximum Gasteiger partial charge on any atom is 0.269 e. The number of nitrogens with one attached hydrogen (secondary N) is 2. The molecule has 2 N–H and O–H groups in total. The van der Waals surface area contributed by atoms with Gasteiger partial charge in [-0.3, -0.25) is 9.78 Å². The van der Waals surface area contributed by atoms with E-state index in [0.29, 0.717) is 11.3 Å². The second-order valence-corrected chi connectivity index (χ2v) is 5.97. The van der Waals surface area contributed by atoms with Gasteiger partial charge in [-0.1, -0.05) is 0 Å². The van der Waals surface area contributed by atoms with E-state index in [-0.39, 0.29) is 11.4 Å². The summed E-state index contributed by atoms with van der Waals surface area (Å²) in [7, 11) is 0. The normalized spacial score (nSPS) is 16.6. The van der Waals surface area contributed by atoms with Crippen LogP contribution >= 0.6 is 0 Å².